The molecule has 30 heteroatoms. The Balaban J connectivity index is 0.000000318. The van der Waals surface area contributed by atoms with Crippen LogP contribution in [0.3, 0.4) is 0 Å². The second-order valence-electron chi connectivity index (χ2n) is 34.4. The average Bonchev–Trinajstić information content (AvgIpc) is 1.62. The van der Waals surface area contributed by atoms with E-state index in [-0.39, 0.29) is 60.8 Å². The molecule has 0 aromatic heterocycles. The first-order chi connectivity index (χ1) is 51.9. The molecule has 8 heterocycles. The molecule has 0 amide bonds. The van der Waals surface area contributed by atoms with Gasteiger partial charge in [-0.1, -0.05) is 55.4 Å². The van der Waals surface area contributed by atoms with E-state index in [1.807, 2.05) is 96.9 Å². The number of carbonyl (C=O) groups is 6. The van der Waals surface area contributed by atoms with Gasteiger partial charge in [0.05, 0.1) is 71.5 Å². The number of Topliss-reactive ketones (excluding diaryl/α,β-unsaturated/α-hetero) is 2. The van der Waals surface area contributed by atoms with Gasteiger partial charge in [0.1, 0.15) is 71.6 Å². The number of aliphatic carboxylic acids is 2. The first kappa shape index (κ1) is 96.2. The first-order valence-corrected chi connectivity index (χ1v) is 40.0. The zero-order valence-electron chi connectivity index (χ0n) is 71.6. The van der Waals surface area contributed by atoms with Crippen molar-refractivity contribution in [3.05, 3.63) is 34.8 Å². The van der Waals surface area contributed by atoms with Crippen LogP contribution < -0.4 is 10.6 Å². The van der Waals surface area contributed by atoms with Gasteiger partial charge in [0.15, 0.2) is 47.9 Å². The normalized spacial score (nSPS) is 44.0. The molecule has 0 saturated carbocycles. The Morgan fingerprint density at radius 3 is 1.11 bits per heavy atom. The number of ketones is 2. The molecule has 0 aromatic carbocycles. The van der Waals surface area contributed by atoms with E-state index in [1.54, 1.807) is 69.2 Å². The van der Waals surface area contributed by atoms with Crippen molar-refractivity contribution in [3.63, 3.8) is 0 Å². The fourth-order valence-electron chi connectivity index (χ4n) is 17.9. The molecule has 30 nitrogen and oxygen atoms in total. The Bertz CT molecular complexity index is 3070. The number of carboxylic acid groups (broad SMARTS) is 2. The first-order valence-electron chi connectivity index (χ1n) is 40.0. The maximum Gasteiger partial charge on any atom is 0.328 e. The van der Waals surface area contributed by atoms with Crippen LogP contribution in [0, 0.1) is 35.5 Å². The number of hydrogen-bond acceptors (Lipinski definition) is 28. The van der Waals surface area contributed by atoms with Crippen LogP contribution in [0.4, 0.5) is 0 Å². The second-order valence-corrected chi connectivity index (χ2v) is 34.4. The van der Waals surface area contributed by atoms with Gasteiger partial charge in [-0.3, -0.25) is 19.2 Å². The summed E-state index contributed by atoms with van der Waals surface area (Å²) in [7, 11) is 5.96. The van der Waals surface area contributed by atoms with Gasteiger partial charge in [-0.25, -0.2) is 9.59 Å². The smallest absolute Gasteiger partial charge is 0.328 e. The van der Waals surface area contributed by atoms with E-state index in [0.717, 1.165) is 11.1 Å². The van der Waals surface area contributed by atoms with Gasteiger partial charge >= 0.3 is 23.9 Å². The lowest BCUT2D eigenvalue weighted by Gasteiger charge is -2.48. The Kier molecular flexibility index (Phi) is 33.7. The van der Waals surface area contributed by atoms with Gasteiger partial charge in [0.2, 0.25) is 0 Å². The van der Waals surface area contributed by atoms with Crippen molar-refractivity contribution in [1.29, 1.82) is 0 Å². The highest BCUT2D eigenvalue weighted by Crippen LogP contribution is 2.50. The van der Waals surface area contributed by atoms with Crippen LogP contribution in [-0.4, -0.2) is 263 Å². The summed E-state index contributed by atoms with van der Waals surface area (Å²) >= 11 is 0. The third-order valence-electron chi connectivity index (χ3n) is 24.5. The van der Waals surface area contributed by atoms with Gasteiger partial charge in [0, 0.05) is 102 Å². The Hall–Kier alpha value is -4.68. The fraction of sp³-hybridized carbons (Fsp3) is 0.854. The van der Waals surface area contributed by atoms with Crippen molar-refractivity contribution in [2.45, 2.75) is 386 Å². The largest absolute Gasteiger partial charge is 0.488 e. The van der Waals surface area contributed by atoms with Crippen LogP contribution in [0.25, 0.3) is 0 Å². The summed E-state index contributed by atoms with van der Waals surface area (Å²) < 4.78 is 102. The number of carboxylic acids is 2. The number of ether oxygens (including phenoxy) is 16. The van der Waals surface area contributed by atoms with Crippen molar-refractivity contribution in [2.75, 3.05) is 28.4 Å². The number of carbonyl (C=O) groups excluding carboxylic acids is 4. The summed E-state index contributed by atoms with van der Waals surface area (Å²) in [6.07, 6.45) is -10.7. The Labute approximate surface area is 663 Å². The standard InChI is InChI=1S/2C39H67NO12.C4H4O4/c2*1-15-27-39(12,46-14)32(42)22(6)30-20(4)17-38(11,52-30)34(51-36-29(41)26(40-19(2)3)16-21(5)47-36)23(7)31(24(8)35(44)49-27)50-28-18-37(10,45-13)33(43)25(9)48-28;5-3(6)1-2-4(7)8/h2*19,21-29,31,33-34,36,40-41,43H,15-18H2,1-14H3;1-2H,(H,5,6)(H,7,8)/b;;2-1+/t2*21-,22+,23+,24-,25+,26+,27-,28+,29-,31+,33+,34-,36+,37-,38-,39-;/m11./s1. The highest BCUT2D eigenvalue weighted by Gasteiger charge is 2.60. The van der Waals surface area contributed by atoms with Gasteiger partial charge in [0.25, 0.3) is 0 Å². The minimum Gasteiger partial charge on any atom is -0.488 e. The molecule has 4 bridgehead atoms. The maximum absolute atomic E-state index is 14.3. The molecule has 8 aliphatic rings. The molecule has 32 atom stereocenters. The van der Waals surface area contributed by atoms with Gasteiger partial charge in [-0.2, -0.15) is 0 Å². The number of hydrogen-bond donors (Lipinski definition) is 8. The summed E-state index contributed by atoms with van der Waals surface area (Å²) in [4.78, 5) is 76.3. The molecular weight excluding hydrogens is 1460 g/mol. The molecule has 6 fully saturated rings. The molecule has 0 radical (unpaired) electrons. The minimum atomic E-state index is -1.47. The highest BCUT2D eigenvalue weighted by atomic mass is 16.7. The lowest BCUT2D eigenvalue weighted by Crippen LogP contribution is -2.60. The average molecular weight is 1600 g/mol. The van der Waals surface area contributed by atoms with E-state index >= 15 is 0 Å². The summed E-state index contributed by atoms with van der Waals surface area (Å²) in [6, 6.07) is -0.360. The monoisotopic (exact) mass is 1600 g/mol. The third-order valence-corrected chi connectivity index (χ3v) is 24.5. The van der Waals surface area contributed by atoms with E-state index in [0.29, 0.717) is 62.2 Å². The second kappa shape index (κ2) is 39.3. The van der Waals surface area contributed by atoms with Crippen LogP contribution in [-0.2, 0) is 105 Å². The number of esters is 2. The topological polar surface area (TPSA) is 396 Å². The zero-order chi connectivity index (χ0) is 84.7. The molecule has 8 aliphatic heterocycles. The lowest BCUT2D eigenvalue weighted by molar-refractivity contribution is -0.315. The van der Waals surface area contributed by atoms with Crippen molar-refractivity contribution in [2.24, 2.45) is 35.5 Å². The molecule has 0 unspecified atom stereocenters. The third kappa shape index (κ3) is 21.6. The predicted molar refractivity (Wildman–Crippen MR) is 408 cm³/mol. The quantitative estimate of drug-likeness (QED) is 0.0421. The van der Waals surface area contributed by atoms with Crippen molar-refractivity contribution in [3.8, 4) is 0 Å². The molecule has 8 rings (SSSR count). The molecule has 8 N–H and O–H groups in total. The summed E-state index contributed by atoms with van der Waals surface area (Å²) in [5.74, 6) is -7.70. The number of rotatable bonds is 20. The van der Waals surface area contributed by atoms with Crippen LogP contribution in [0.1, 0.15) is 218 Å². The minimum absolute atomic E-state index is 0.113. The molecule has 0 aliphatic carbocycles. The molecule has 112 heavy (non-hydrogen) atoms. The van der Waals surface area contributed by atoms with Crippen LogP contribution in [0.5, 0.6) is 0 Å². The summed E-state index contributed by atoms with van der Waals surface area (Å²) in [5, 5.41) is 67.7. The predicted octanol–water partition coefficient (Wildman–Crippen LogP) is 8.09. The van der Waals surface area contributed by atoms with Crippen LogP contribution in [0.15, 0.2) is 34.8 Å². The molecule has 6 saturated heterocycles. The summed E-state index contributed by atoms with van der Waals surface area (Å²) in [6.45, 7) is 44.7. The SMILES string of the molecule is CC[C@H]1OC(=O)[C@H](C)[C@@H](O[C@H]2C[C@@](C)(OC)[C@@H](O)[C@H](C)O2)[C@H](C)[C@@H](O[C@@H]2O[C@H](C)C[C@H](NC(C)C)[C@H]2O)[C@@]2(C)CC(C)=C(O2)[C@H](C)C(=O)[C@]1(C)OC.CC[C@H]1OC(=O)[C@H](C)[C@@H](O[C@H]2C[C@@](C)(OC)[C@@H](O)[C@H](C)O2)[C@H](C)[C@@H](O[C@@H]2O[C@H](C)C[C@H](NC(C)C)[C@H]2O)[C@@]2(C)CC(C)=C(O2)[C@H](C)C(=O)[C@]1(C)OC.O=C(O)/C=C/C(=O)O. The number of allylic oxidation sites excluding steroid dienone is 2. The van der Waals surface area contributed by atoms with E-state index in [9.17, 15) is 49.2 Å². The molecule has 0 spiro atoms. The number of aliphatic hydroxyl groups is 4. The molecule has 644 valence electrons. The van der Waals surface area contributed by atoms with Crippen molar-refractivity contribution >= 4 is 35.4 Å². The van der Waals surface area contributed by atoms with Gasteiger partial charge < -0.3 is 117 Å². The number of cyclic esters (lactones) is 2. The van der Waals surface area contributed by atoms with E-state index < -0.39 is 191 Å². The van der Waals surface area contributed by atoms with E-state index in [1.165, 1.54) is 28.4 Å². The van der Waals surface area contributed by atoms with Crippen molar-refractivity contribution in [1.82, 2.24) is 10.6 Å². The van der Waals surface area contributed by atoms with Crippen LogP contribution in [0.2, 0.25) is 0 Å². The Morgan fingerprint density at radius 2 is 0.830 bits per heavy atom. The molecule has 0 aromatic rings. The molecular formula is C82H138N2O28. The van der Waals surface area contributed by atoms with Crippen molar-refractivity contribution < 1.29 is 135 Å². The van der Waals surface area contributed by atoms with Gasteiger partial charge in [-0.15, -0.1) is 0 Å². The lowest BCUT2D eigenvalue weighted by atomic mass is 9.79. The summed E-state index contributed by atoms with van der Waals surface area (Å²) in [5.41, 5.74) is -5.32. The highest BCUT2D eigenvalue weighted by molar-refractivity contribution is 5.93. The number of nitrogens with one attached hydrogen (secondary N) is 2. The van der Waals surface area contributed by atoms with E-state index in [4.69, 9.17) is 86.0 Å². The van der Waals surface area contributed by atoms with E-state index in [2.05, 4.69) is 10.6 Å². The number of methoxy groups -OCH3 is 4. The van der Waals surface area contributed by atoms with Gasteiger partial charge in [-0.05, 0) is 148 Å². The van der Waals surface area contributed by atoms with Crippen LogP contribution >= 0.6 is 0 Å². The number of aliphatic hydroxyl groups excluding tert-OH is 4. The Morgan fingerprint density at radius 1 is 0.509 bits per heavy atom. The fourth-order valence-corrected chi connectivity index (χ4v) is 17.9. The number of fused-ring (bicyclic) bond motifs is 4. The zero-order valence-corrected chi connectivity index (χ0v) is 71.6. The maximum atomic E-state index is 14.3.